The molecule has 1 aromatic carbocycles. The maximum Gasteiger partial charge on any atom is 0.410 e. The molecule has 3 aromatic heterocycles. The highest BCUT2D eigenvalue weighted by atomic mass is 35.5. The minimum absolute atomic E-state index is 0.0327. The van der Waals surface area contributed by atoms with E-state index < -0.39 is 29.2 Å². The quantitative estimate of drug-likeness (QED) is 0.280. The Hall–Kier alpha value is -4.25. The summed E-state index contributed by atoms with van der Waals surface area (Å²) in [7, 11) is 0. The van der Waals surface area contributed by atoms with Gasteiger partial charge in [-0.1, -0.05) is 43.6 Å². The van der Waals surface area contributed by atoms with Crippen molar-refractivity contribution in [3.8, 4) is 22.7 Å². The van der Waals surface area contributed by atoms with Crippen LogP contribution in [0.3, 0.4) is 0 Å². The van der Waals surface area contributed by atoms with E-state index in [4.69, 9.17) is 26.1 Å². The van der Waals surface area contributed by atoms with Crippen molar-refractivity contribution in [2.75, 3.05) is 31.1 Å². The van der Waals surface area contributed by atoms with E-state index >= 15 is 4.39 Å². The predicted octanol–water partition coefficient (Wildman–Crippen LogP) is 5.89. The highest BCUT2D eigenvalue weighted by Gasteiger charge is 2.39. The van der Waals surface area contributed by atoms with Gasteiger partial charge in [0, 0.05) is 31.4 Å². The minimum atomic E-state index is -0.713. The van der Waals surface area contributed by atoms with Crippen molar-refractivity contribution in [3.63, 3.8) is 0 Å². The number of fused-ring (bicyclic) bond motifs is 2. The van der Waals surface area contributed by atoms with Crippen LogP contribution in [0.4, 0.5) is 15.0 Å². The normalized spacial score (nSPS) is 16.5. The predicted molar refractivity (Wildman–Crippen MR) is 167 cm³/mol. The zero-order chi connectivity index (χ0) is 31.5. The van der Waals surface area contributed by atoms with Crippen LogP contribution in [0.1, 0.15) is 51.8 Å². The van der Waals surface area contributed by atoms with Gasteiger partial charge in [-0.05, 0) is 51.3 Å². The molecule has 0 spiro atoms. The zero-order valence-electron chi connectivity index (χ0n) is 25.5. The molecule has 0 unspecified atom stereocenters. The molecule has 44 heavy (non-hydrogen) atoms. The van der Waals surface area contributed by atoms with E-state index in [-0.39, 0.29) is 47.4 Å². The Balaban J connectivity index is 1.61. The van der Waals surface area contributed by atoms with Gasteiger partial charge in [0.1, 0.15) is 29.1 Å². The number of hydrogen-bond donors (Lipinski definition) is 0. The van der Waals surface area contributed by atoms with Crippen LogP contribution in [0.5, 0.6) is 5.75 Å². The Bertz CT molecular complexity index is 1850. The monoisotopic (exact) mass is 620 g/mol. The molecule has 6 rings (SSSR count). The molecule has 230 valence electrons. The number of halogens is 2. The molecule has 4 aromatic rings. The van der Waals surface area contributed by atoms with Crippen LogP contribution in [0, 0.1) is 12.7 Å². The Kier molecular flexibility index (Phi) is 7.47. The lowest BCUT2D eigenvalue weighted by molar-refractivity contribution is 0.0201. The summed E-state index contributed by atoms with van der Waals surface area (Å²) < 4.78 is 29.8. The topological polar surface area (TPSA) is 103 Å². The molecular formula is C32H34ClFN6O4. The number of piperazine rings is 1. The second-order valence-corrected chi connectivity index (χ2v) is 12.8. The first-order valence-corrected chi connectivity index (χ1v) is 15.0. The van der Waals surface area contributed by atoms with Gasteiger partial charge in [0.25, 0.3) is 0 Å². The number of hydrogen-bond acceptors (Lipinski definition) is 8. The van der Waals surface area contributed by atoms with Gasteiger partial charge in [0.2, 0.25) is 0 Å². The van der Waals surface area contributed by atoms with Crippen LogP contribution in [-0.2, 0) is 4.74 Å². The first-order chi connectivity index (χ1) is 20.9. The van der Waals surface area contributed by atoms with E-state index in [1.54, 1.807) is 35.4 Å². The zero-order valence-corrected chi connectivity index (χ0v) is 26.3. The van der Waals surface area contributed by atoms with Gasteiger partial charge in [-0.25, -0.2) is 23.5 Å². The molecule has 5 heterocycles. The van der Waals surface area contributed by atoms with E-state index in [0.717, 1.165) is 5.56 Å². The van der Waals surface area contributed by atoms with E-state index in [9.17, 15) is 9.59 Å². The van der Waals surface area contributed by atoms with Crippen molar-refractivity contribution in [1.82, 2.24) is 24.4 Å². The van der Waals surface area contributed by atoms with Gasteiger partial charge in [0.05, 0.1) is 22.4 Å². The van der Waals surface area contributed by atoms with Crippen molar-refractivity contribution in [2.24, 2.45) is 0 Å². The molecule has 2 aliphatic rings. The van der Waals surface area contributed by atoms with Crippen LogP contribution < -0.4 is 15.3 Å². The second-order valence-electron chi connectivity index (χ2n) is 12.4. The van der Waals surface area contributed by atoms with Crippen LogP contribution in [0.2, 0.25) is 5.02 Å². The first kappa shape index (κ1) is 29.8. The third kappa shape index (κ3) is 5.12. The van der Waals surface area contributed by atoms with Crippen LogP contribution >= 0.6 is 11.6 Å². The van der Waals surface area contributed by atoms with Gasteiger partial charge in [0.15, 0.2) is 17.2 Å². The van der Waals surface area contributed by atoms with Gasteiger partial charge < -0.3 is 19.3 Å². The summed E-state index contributed by atoms with van der Waals surface area (Å²) in [5, 5.41) is 0.567. The molecule has 0 aliphatic carbocycles. The summed E-state index contributed by atoms with van der Waals surface area (Å²) in [5.41, 5.74) is 1.24. The molecule has 1 atom stereocenters. The Morgan fingerprint density at radius 2 is 1.91 bits per heavy atom. The van der Waals surface area contributed by atoms with Crippen molar-refractivity contribution in [2.45, 2.75) is 59.1 Å². The number of amides is 1. The van der Waals surface area contributed by atoms with Gasteiger partial charge in [-0.2, -0.15) is 4.98 Å². The second kappa shape index (κ2) is 11.0. The number of ether oxygens (including phenoxy) is 2. The molecule has 1 amide bonds. The van der Waals surface area contributed by atoms with Gasteiger partial charge >= 0.3 is 11.8 Å². The molecule has 1 saturated heterocycles. The molecule has 0 radical (unpaired) electrons. The average Bonchev–Trinajstić information content (AvgIpc) is 3.12. The average molecular weight is 621 g/mol. The summed E-state index contributed by atoms with van der Waals surface area (Å²) in [5.74, 6) is -0.569. The number of aryl methyl sites for hydroxylation is 1. The molecule has 0 N–H and O–H groups in total. The maximum absolute atomic E-state index is 16.6. The maximum atomic E-state index is 16.6. The number of carbonyl (C=O) groups is 1. The van der Waals surface area contributed by atoms with Crippen LogP contribution in [0.25, 0.3) is 28.0 Å². The number of carbonyl (C=O) groups excluding carboxylic acids is 1. The number of anilines is 1. The fourth-order valence-corrected chi connectivity index (χ4v) is 6.02. The first-order valence-electron chi connectivity index (χ1n) is 14.6. The lowest BCUT2D eigenvalue weighted by Gasteiger charge is -2.41. The van der Waals surface area contributed by atoms with Gasteiger partial charge in [-0.3, -0.25) is 4.98 Å². The molecular weight excluding hydrogens is 587 g/mol. The summed E-state index contributed by atoms with van der Waals surface area (Å²) in [6.07, 6.45) is 1.25. The van der Waals surface area contributed by atoms with Crippen molar-refractivity contribution in [1.29, 1.82) is 0 Å². The summed E-state index contributed by atoms with van der Waals surface area (Å²) in [6.45, 7) is 12.2. The Morgan fingerprint density at radius 1 is 1.16 bits per heavy atom. The molecule has 10 nitrogen and oxygen atoms in total. The van der Waals surface area contributed by atoms with Crippen molar-refractivity contribution >= 4 is 34.5 Å². The molecule has 2 aliphatic heterocycles. The highest BCUT2D eigenvalue weighted by Crippen LogP contribution is 2.43. The van der Waals surface area contributed by atoms with E-state index in [1.165, 1.54) is 4.57 Å². The molecule has 1 fully saturated rings. The summed E-state index contributed by atoms with van der Waals surface area (Å²) >= 11 is 6.53. The minimum Gasteiger partial charge on any atom is -0.487 e. The summed E-state index contributed by atoms with van der Waals surface area (Å²) in [4.78, 5) is 44.5. The lowest BCUT2D eigenvalue weighted by atomic mass is 10.0. The Labute approximate surface area is 259 Å². The standard InChI is InChI=1S/C32H34ClFN6O4/c1-17(2)24-26(18(3)11-12-35-24)40-29-22-27(23(34)25(36-29)20-9-7-8-10-21(20)33)43-16-19-15-38(31(42)44-32(4,5)6)13-14-39(19)28(22)37-30(40)41/h7-12,17,19H,13-16H2,1-6H3/t19-/m1/s1. The lowest BCUT2D eigenvalue weighted by Crippen LogP contribution is -2.57. The third-order valence-corrected chi connectivity index (χ3v) is 8.11. The van der Waals surface area contributed by atoms with Crippen molar-refractivity contribution < 1.29 is 18.7 Å². The van der Waals surface area contributed by atoms with E-state index in [2.05, 4.69) is 9.97 Å². The molecule has 0 bridgehead atoms. The number of rotatable bonds is 3. The van der Waals surface area contributed by atoms with E-state index in [0.29, 0.717) is 35.1 Å². The Morgan fingerprint density at radius 3 is 2.61 bits per heavy atom. The van der Waals surface area contributed by atoms with Crippen molar-refractivity contribution in [3.05, 3.63) is 69.1 Å². The molecule has 0 saturated carbocycles. The number of nitrogens with zero attached hydrogens (tertiary/aromatic N) is 6. The fraction of sp³-hybridized carbons (Fsp3) is 0.406. The van der Waals surface area contributed by atoms with Crippen LogP contribution in [-0.4, -0.2) is 68.4 Å². The highest BCUT2D eigenvalue weighted by molar-refractivity contribution is 6.33. The summed E-state index contributed by atoms with van der Waals surface area (Å²) in [6, 6.07) is 8.20. The van der Waals surface area contributed by atoms with E-state index in [1.807, 2.05) is 52.5 Å². The third-order valence-electron chi connectivity index (χ3n) is 7.78. The van der Waals surface area contributed by atoms with Gasteiger partial charge in [-0.15, -0.1) is 0 Å². The number of benzene rings is 1. The smallest absolute Gasteiger partial charge is 0.410 e. The van der Waals surface area contributed by atoms with Crippen LogP contribution in [0.15, 0.2) is 41.3 Å². The largest absolute Gasteiger partial charge is 0.487 e. The number of aromatic nitrogens is 4. The number of pyridine rings is 2. The fourth-order valence-electron chi connectivity index (χ4n) is 5.79. The molecule has 12 heteroatoms. The SMILES string of the molecule is Cc1ccnc(C(C)C)c1-n1c(=O)nc2c3c(c(F)c(-c4ccccc4Cl)nc31)OC[C@H]1CN(C(=O)OC(C)(C)C)CCN21.